The Hall–Kier alpha value is -4.94. The zero-order valence-corrected chi connectivity index (χ0v) is 19.0. The number of oxazole rings is 1. The highest BCUT2D eigenvalue weighted by Crippen LogP contribution is 2.38. The third kappa shape index (κ3) is 4.78. The summed E-state index contributed by atoms with van der Waals surface area (Å²) in [5.74, 6) is 0.362. The van der Waals surface area contributed by atoms with Crippen LogP contribution in [0, 0.1) is 6.92 Å². The Labute approximate surface area is 207 Å². The van der Waals surface area contributed by atoms with E-state index in [9.17, 15) is 18.0 Å². The van der Waals surface area contributed by atoms with Gasteiger partial charge in [-0.2, -0.15) is 18.3 Å². The number of nitrogens with one attached hydrogen (secondary N) is 2. The molecule has 0 aliphatic rings. The van der Waals surface area contributed by atoms with Crippen molar-refractivity contribution in [1.29, 1.82) is 0 Å². The van der Waals surface area contributed by atoms with Gasteiger partial charge < -0.3 is 15.5 Å². The number of carbonyl (C=O) groups is 1. The number of anilines is 3. The molecule has 2 amide bonds. The maximum Gasteiger partial charge on any atom is 0.416 e. The normalized spacial score (nSPS) is 11.6. The quantitative estimate of drug-likeness (QED) is 0.302. The van der Waals surface area contributed by atoms with Gasteiger partial charge in [0.25, 0.3) is 0 Å². The van der Waals surface area contributed by atoms with E-state index in [1.165, 1.54) is 12.6 Å². The molecule has 0 fully saturated rings. The number of fused-ring (bicyclic) bond motifs is 1. The van der Waals surface area contributed by atoms with Crippen LogP contribution in [0.1, 0.15) is 11.3 Å². The Balaban J connectivity index is 1.42. The summed E-state index contributed by atoms with van der Waals surface area (Å²) in [5.41, 5.74) is 8.83. The Morgan fingerprint density at radius 2 is 1.92 bits per heavy atom. The second kappa shape index (κ2) is 9.26. The second-order valence-corrected chi connectivity index (χ2v) is 7.83. The third-order valence-corrected chi connectivity index (χ3v) is 5.40. The summed E-state index contributed by atoms with van der Waals surface area (Å²) >= 11 is 0. The molecule has 5 rings (SSSR count). The summed E-state index contributed by atoms with van der Waals surface area (Å²) in [6.07, 6.45) is 1.44. The van der Waals surface area contributed by atoms with Crippen molar-refractivity contribution in [2.45, 2.75) is 12.6 Å². The molecule has 10 nitrogen and oxygen atoms in total. The van der Waals surface area contributed by atoms with Crippen LogP contribution in [0.15, 0.2) is 65.8 Å². The Bertz CT molecular complexity index is 1590. The Morgan fingerprint density at radius 1 is 1.14 bits per heavy atom. The highest BCUT2D eigenvalue weighted by atomic mass is 19.4. The van der Waals surface area contributed by atoms with Gasteiger partial charge >= 0.3 is 12.2 Å². The van der Waals surface area contributed by atoms with E-state index in [1.807, 2.05) is 0 Å². The summed E-state index contributed by atoms with van der Waals surface area (Å²) in [5, 5.41) is 9.08. The molecule has 1 aromatic carbocycles. The van der Waals surface area contributed by atoms with Crippen molar-refractivity contribution in [3.63, 3.8) is 0 Å². The Kier molecular flexibility index (Phi) is 5.95. The monoisotopic (exact) mass is 507 g/mol. The number of nitrogen functional groups attached to an aromatic ring is 1. The molecule has 0 aliphatic heterocycles. The van der Waals surface area contributed by atoms with Gasteiger partial charge in [-0.15, -0.1) is 0 Å². The van der Waals surface area contributed by atoms with E-state index in [1.54, 1.807) is 35.0 Å². The average molecular weight is 507 g/mol. The van der Waals surface area contributed by atoms with Crippen molar-refractivity contribution >= 4 is 28.9 Å². The largest absolute Gasteiger partial charge is 0.444 e. The first-order valence-corrected chi connectivity index (χ1v) is 10.8. The second-order valence-electron chi connectivity index (χ2n) is 7.83. The minimum atomic E-state index is -4.55. The molecule has 13 heteroatoms. The van der Waals surface area contributed by atoms with Gasteiger partial charge in [-0.05, 0) is 43.2 Å². The first kappa shape index (κ1) is 23.8. The van der Waals surface area contributed by atoms with E-state index in [0.29, 0.717) is 45.9 Å². The third-order valence-electron chi connectivity index (χ3n) is 5.40. The van der Waals surface area contributed by atoms with Crippen LogP contribution in [-0.4, -0.2) is 30.6 Å². The van der Waals surface area contributed by atoms with Gasteiger partial charge in [-0.3, -0.25) is 5.32 Å². The molecule has 0 spiro atoms. The van der Waals surface area contributed by atoms with Crippen LogP contribution >= 0.6 is 0 Å². The van der Waals surface area contributed by atoms with Gasteiger partial charge in [0.15, 0.2) is 5.82 Å². The van der Waals surface area contributed by atoms with E-state index in [2.05, 4.69) is 37.6 Å². The number of benzene rings is 1. The molecule has 4 aromatic heterocycles. The van der Waals surface area contributed by atoms with Crippen LogP contribution in [0.3, 0.4) is 0 Å². The fraction of sp³-hybridized carbons (Fsp3) is 0.0833. The lowest BCUT2D eigenvalue weighted by molar-refractivity contribution is -0.137. The van der Waals surface area contributed by atoms with Gasteiger partial charge in [-0.1, -0.05) is 12.1 Å². The highest BCUT2D eigenvalue weighted by molar-refractivity contribution is 6.00. The van der Waals surface area contributed by atoms with Gasteiger partial charge in [0, 0.05) is 23.6 Å². The summed E-state index contributed by atoms with van der Waals surface area (Å²) in [4.78, 5) is 24.6. The molecule has 4 heterocycles. The predicted molar refractivity (Wildman–Crippen MR) is 129 cm³/mol. The minimum absolute atomic E-state index is 0.239. The first-order chi connectivity index (χ1) is 17.7. The average Bonchev–Trinajstić information content (AvgIpc) is 3.49. The maximum atomic E-state index is 12.9. The molecular weight excluding hydrogens is 489 g/mol. The van der Waals surface area contributed by atoms with Crippen molar-refractivity contribution < 1.29 is 22.4 Å². The first-order valence-electron chi connectivity index (χ1n) is 10.8. The number of urea groups is 1. The predicted octanol–water partition coefficient (Wildman–Crippen LogP) is 5.07. The van der Waals surface area contributed by atoms with Gasteiger partial charge in [0.1, 0.15) is 23.9 Å². The van der Waals surface area contributed by atoms with Crippen molar-refractivity contribution in [1.82, 2.24) is 24.6 Å². The van der Waals surface area contributed by atoms with E-state index in [0.717, 1.165) is 18.3 Å². The van der Waals surface area contributed by atoms with Crippen molar-refractivity contribution in [2.75, 3.05) is 16.4 Å². The number of amides is 2. The molecular formula is C24H18F3N8O2. The number of hydrogen-bond acceptors (Lipinski definition) is 7. The van der Waals surface area contributed by atoms with Crippen LogP contribution in [0.25, 0.3) is 28.1 Å². The number of halogens is 3. The number of hydrogen-bond donors (Lipinski definition) is 3. The fourth-order valence-electron chi connectivity index (χ4n) is 3.71. The summed E-state index contributed by atoms with van der Waals surface area (Å²) in [6, 6.07) is 7.52. The van der Waals surface area contributed by atoms with Crippen LogP contribution in [0.4, 0.5) is 35.3 Å². The zero-order chi connectivity index (χ0) is 26.2. The van der Waals surface area contributed by atoms with Crippen LogP contribution < -0.4 is 16.4 Å². The van der Waals surface area contributed by atoms with Crippen LogP contribution in [0.5, 0.6) is 0 Å². The number of nitrogens with zero attached hydrogens (tertiary/aromatic N) is 5. The van der Waals surface area contributed by atoms with Crippen molar-refractivity contribution in [3.05, 3.63) is 79.6 Å². The standard InChI is InChI=1S/C24H18F3N8O2/c1-2-15-11-37-22(32-15)17-10-35-20(21(28)30-12-31-35)19(17)13-3-5-16(6-4-13)33-23(36)34-18-9-14(7-8-29-18)24(25,26)27/h3-12H,1-2H2,(H2,28,30,31)(H2,29,33,34,36). The minimum Gasteiger partial charge on any atom is -0.444 e. The number of alkyl halides is 3. The van der Waals surface area contributed by atoms with E-state index >= 15 is 0 Å². The molecule has 1 radical (unpaired) electrons. The number of carbonyl (C=O) groups excluding carboxylic acids is 1. The zero-order valence-electron chi connectivity index (χ0n) is 19.0. The SMILES string of the molecule is [CH2]Cc1coc(-c2cn3ncnc(N)c3c2-c2ccc(NC(=O)Nc3cc(C(F)(F)F)ccn3)cc2)n1. The summed E-state index contributed by atoms with van der Waals surface area (Å²) in [7, 11) is 0. The van der Waals surface area contributed by atoms with Crippen LogP contribution in [-0.2, 0) is 12.6 Å². The van der Waals surface area contributed by atoms with E-state index < -0.39 is 17.8 Å². The topological polar surface area (TPSA) is 136 Å². The molecule has 5 aromatic rings. The lowest BCUT2D eigenvalue weighted by Gasteiger charge is -2.10. The van der Waals surface area contributed by atoms with Crippen molar-refractivity contribution in [2.24, 2.45) is 0 Å². The molecule has 37 heavy (non-hydrogen) atoms. The molecule has 0 bridgehead atoms. The summed E-state index contributed by atoms with van der Waals surface area (Å²) < 4.78 is 45.9. The van der Waals surface area contributed by atoms with Crippen molar-refractivity contribution in [3.8, 4) is 22.6 Å². The molecule has 0 saturated heterocycles. The van der Waals surface area contributed by atoms with Crippen LogP contribution in [0.2, 0.25) is 0 Å². The smallest absolute Gasteiger partial charge is 0.416 e. The molecule has 0 saturated carbocycles. The number of aromatic nitrogens is 5. The number of pyridine rings is 1. The molecule has 0 aliphatic carbocycles. The lowest BCUT2D eigenvalue weighted by atomic mass is 10.0. The van der Waals surface area contributed by atoms with Gasteiger partial charge in [0.2, 0.25) is 5.89 Å². The highest BCUT2D eigenvalue weighted by Gasteiger charge is 2.31. The molecule has 4 N–H and O–H groups in total. The maximum absolute atomic E-state index is 12.9. The van der Waals surface area contributed by atoms with E-state index in [-0.39, 0.29) is 11.6 Å². The lowest BCUT2D eigenvalue weighted by Crippen LogP contribution is -2.20. The Morgan fingerprint density at radius 3 is 2.62 bits per heavy atom. The molecule has 0 unspecified atom stereocenters. The van der Waals surface area contributed by atoms with Gasteiger partial charge in [0.05, 0.1) is 16.8 Å². The van der Waals surface area contributed by atoms with Gasteiger partial charge in [-0.25, -0.2) is 24.3 Å². The summed E-state index contributed by atoms with van der Waals surface area (Å²) in [6.45, 7) is 3.81. The van der Waals surface area contributed by atoms with E-state index in [4.69, 9.17) is 10.2 Å². The molecule has 0 atom stereocenters. The fourth-order valence-corrected chi connectivity index (χ4v) is 3.71. The number of nitrogens with two attached hydrogens (primary N) is 1. The molecule has 187 valence electrons. The number of rotatable bonds is 5.